The summed E-state index contributed by atoms with van der Waals surface area (Å²) in [7, 11) is 0. The minimum Gasteiger partial charge on any atom is -0.294 e. The van der Waals surface area contributed by atoms with Gasteiger partial charge in [-0.25, -0.2) is 0 Å². The summed E-state index contributed by atoms with van der Waals surface area (Å²) in [5.41, 5.74) is 7.10. The lowest BCUT2D eigenvalue weighted by Gasteiger charge is -2.21. The Bertz CT molecular complexity index is 1100. The molecule has 5 rings (SSSR count). The van der Waals surface area contributed by atoms with E-state index in [1.807, 2.05) is 30.5 Å². The molecule has 28 heavy (non-hydrogen) atoms. The monoisotopic (exact) mass is 366 g/mol. The van der Waals surface area contributed by atoms with Gasteiger partial charge >= 0.3 is 0 Å². The first-order chi connectivity index (χ1) is 13.6. The van der Waals surface area contributed by atoms with E-state index in [2.05, 4.69) is 30.1 Å². The first kappa shape index (κ1) is 17.1. The van der Waals surface area contributed by atoms with Crippen molar-refractivity contribution in [3.63, 3.8) is 0 Å². The molecule has 1 aliphatic heterocycles. The molecular formula is C25H22N2O. The summed E-state index contributed by atoms with van der Waals surface area (Å²) in [6, 6.07) is 16.4. The van der Waals surface area contributed by atoms with Crippen molar-refractivity contribution in [3.8, 4) is 17.2 Å². The molecule has 2 unspecified atom stereocenters. The van der Waals surface area contributed by atoms with Gasteiger partial charge in [0.1, 0.15) is 0 Å². The number of nitriles is 1. The average molecular weight is 366 g/mol. The van der Waals surface area contributed by atoms with Crippen LogP contribution in [0.25, 0.3) is 11.1 Å². The molecule has 0 radical (unpaired) electrons. The first-order valence-electron chi connectivity index (χ1n) is 10.0. The number of rotatable bonds is 2. The second-order valence-electron chi connectivity index (χ2n) is 8.38. The third-order valence-electron chi connectivity index (χ3n) is 6.62. The number of hydrogen-bond donors (Lipinski definition) is 0. The lowest BCUT2D eigenvalue weighted by Crippen LogP contribution is -2.25. The van der Waals surface area contributed by atoms with Crippen LogP contribution in [-0.4, -0.2) is 18.0 Å². The Labute approximate surface area is 165 Å². The van der Waals surface area contributed by atoms with E-state index in [4.69, 9.17) is 5.26 Å². The van der Waals surface area contributed by atoms with Crippen LogP contribution in [0, 0.1) is 16.7 Å². The number of allylic oxidation sites excluding steroid dienone is 1. The van der Waals surface area contributed by atoms with Crippen molar-refractivity contribution in [1.29, 1.82) is 5.26 Å². The van der Waals surface area contributed by atoms with Crippen LogP contribution in [-0.2, 0) is 6.42 Å². The number of carbonyl (C=O) groups is 1. The van der Waals surface area contributed by atoms with Gasteiger partial charge in [0.25, 0.3) is 0 Å². The summed E-state index contributed by atoms with van der Waals surface area (Å²) in [6.07, 6.45) is 6.65. The van der Waals surface area contributed by atoms with Gasteiger partial charge in [-0.3, -0.25) is 9.79 Å². The molecule has 3 aliphatic rings. The predicted molar refractivity (Wildman–Crippen MR) is 111 cm³/mol. The largest absolute Gasteiger partial charge is 0.294 e. The second-order valence-corrected chi connectivity index (χ2v) is 8.38. The fourth-order valence-corrected chi connectivity index (χ4v) is 5.10. The molecule has 0 bridgehead atoms. The highest BCUT2D eigenvalue weighted by molar-refractivity contribution is 6.07. The molecule has 1 heterocycles. The van der Waals surface area contributed by atoms with Gasteiger partial charge in [0.15, 0.2) is 5.78 Å². The number of aliphatic imine (C=N–C) groups is 1. The van der Waals surface area contributed by atoms with Gasteiger partial charge in [-0.05, 0) is 72.6 Å². The number of fused-ring (bicyclic) bond motifs is 1. The summed E-state index contributed by atoms with van der Waals surface area (Å²) in [5, 5.41) is 9.16. The SMILES string of the molecule is CCC1CC2=C(C=N1)CC1(C2)Cc2ccc(-c3cccc(C#N)c3)cc2C1=O. The Kier molecular flexibility index (Phi) is 3.84. The Morgan fingerprint density at radius 1 is 1.14 bits per heavy atom. The van der Waals surface area contributed by atoms with E-state index >= 15 is 0 Å². The quantitative estimate of drug-likeness (QED) is 0.725. The summed E-state index contributed by atoms with van der Waals surface area (Å²) in [5.74, 6) is 0.289. The zero-order valence-corrected chi connectivity index (χ0v) is 16.0. The molecule has 2 atom stereocenters. The molecule has 2 aromatic rings. The van der Waals surface area contributed by atoms with Crippen LogP contribution in [0.1, 0.15) is 54.1 Å². The Balaban J connectivity index is 1.46. The van der Waals surface area contributed by atoms with Gasteiger partial charge in [-0.15, -0.1) is 0 Å². The molecule has 0 N–H and O–H groups in total. The molecule has 2 aliphatic carbocycles. The predicted octanol–water partition coefficient (Wildman–Crippen LogP) is 5.29. The van der Waals surface area contributed by atoms with E-state index in [0.717, 1.165) is 54.4 Å². The zero-order chi connectivity index (χ0) is 19.3. The fraction of sp³-hybridized carbons (Fsp3) is 0.320. The van der Waals surface area contributed by atoms with Crippen LogP contribution in [0.15, 0.2) is 58.6 Å². The molecular weight excluding hydrogens is 344 g/mol. The third kappa shape index (κ3) is 2.56. The second kappa shape index (κ2) is 6.27. The first-order valence-corrected chi connectivity index (χ1v) is 10.0. The zero-order valence-electron chi connectivity index (χ0n) is 16.0. The Hall–Kier alpha value is -2.99. The fourth-order valence-electron chi connectivity index (χ4n) is 5.10. The summed E-state index contributed by atoms with van der Waals surface area (Å²) in [4.78, 5) is 18.2. The molecule has 0 aromatic heterocycles. The third-order valence-corrected chi connectivity index (χ3v) is 6.62. The van der Waals surface area contributed by atoms with Gasteiger partial charge in [-0.1, -0.05) is 36.8 Å². The van der Waals surface area contributed by atoms with E-state index in [9.17, 15) is 4.79 Å². The number of Topliss-reactive ketones (excluding diaryl/α,β-unsaturated/α-hetero) is 1. The maximum atomic E-state index is 13.5. The van der Waals surface area contributed by atoms with Crippen molar-refractivity contribution in [2.75, 3.05) is 0 Å². The number of dihydropyridines is 1. The van der Waals surface area contributed by atoms with Crippen LogP contribution in [0.4, 0.5) is 0 Å². The molecule has 3 nitrogen and oxygen atoms in total. The van der Waals surface area contributed by atoms with Crippen molar-refractivity contribution in [2.45, 2.75) is 45.1 Å². The minimum absolute atomic E-state index is 0.289. The van der Waals surface area contributed by atoms with Crippen LogP contribution in [0.3, 0.4) is 0 Å². The molecule has 3 heteroatoms. The lowest BCUT2D eigenvalue weighted by molar-refractivity contribution is 0.0831. The van der Waals surface area contributed by atoms with Crippen LogP contribution in [0.2, 0.25) is 0 Å². The van der Waals surface area contributed by atoms with Crippen LogP contribution < -0.4 is 0 Å². The Morgan fingerprint density at radius 3 is 2.82 bits per heavy atom. The summed E-state index contributed by atoms with van der Waals surface area (Å²) >= 11 is 0. The van der Waals surface area contributed by atoms with Crippen molar-refractivity contribution in [3.05, 3.63) is 70.3 Å². The topological polar surface area (TPSA) is 53.2 Å². The van der Waals surface area contributed by atoms with Crippen LogP contribution >= 0.6 is 0 Å². The van der Waals surface area contributed by atoms with Crippen LogP contribution in [0.5, 0.6) is 0 Å². The summed E-state index contributed by atoms with van der Waals surface area (Å²) < 4.78 is 0. The number of hydrogen-bond acceptors (Lipinski definition) is 3. The molecule has 0 saturated carbocycles. The molecule has 0 amide bonds. The maximum Gasteiger partial charge on any atom is 0.170 e. The number of benzene rings is 2. The van der Waals surface area contributed by atoms with Gasteiger partial charge < -0.3 is 0 Å². The van der Waals surface area contributed by atoms with Gasteiger partial charge in [0, 0.05) is 17.2 Å². The number of ketones is 1. The molecule has 0 fully saturated rings. The Morgan fingerprint density at radius 2 is 2.00 bits per heavy atom. The number of nitrogens with zero attached hydrogens (tertiary/aromatic N) is 2. The smallest absolute Gasteiger partial charge is 0.170 e. The molecule has 1 spiro atoms. The van der Waals surface area contributed by atoms with Gasteiger partial charge in [0.2, 0.25) is 0 Å². The van der Waals surface area contributed by atoms with E-state index in [-0.39, 0.29) is 11.2 Å². The van der Waals surface area contributed by atoms with E-state index < -0.39 is 0 Å². The standard InChI is InChI=1S/C25H22N2O/c1-2-22-9-20-12-25(13-21(20)15-27-22)11-19-7-6-18(10-23(19)24(25)28)17-5-3-4-16(8-17)14-26/h3-8,10,15,22H,2,9,11-13H2,1H3. The van der Waals surface area contributed by atoms with Crippen molar-refractivity contribution >= 4 is 12.0 Å². The summed E-state index contributed by atoms with van der Waals surface area (Å²) in [6.45, 7) is 2.18. The molecule has 2 aromatic carbocycles. The number of carbonyl (C=O) groups excluding carboxylic acids is 1. The van der Waals surface area contributed by atoms with Gasteiger partial charge in [-0.2, -0.15) is 5.26 Å². The normalized spacial score (nSPS) is 25.1. The van der Waals surface area contributed by atoms with Crippen molar-refractivity contribution < 1.29 is 4.79 Å². The van der Waals surface area contributed by atoms with Crippen molar-refractivity contribution in [1.82, 2.24) is 0 Å². The highest BCUT2D eigenvalue weighted by Crippen LogP contribution is 2.52. The van der Waals surface area contributed by atoms with E-state index in [1.165, 1.54) is 11.1 Å². The minimum atomic E-state index is -0.297. The van der Waals surface area contributed by atoms with E-state index in [1.54, 1.807) is 6.07 Å². The average Bonchev–Trinajstić information content (AvgIpc) is 3.23. The van der Waals surface area contributed by atoms with E-state index in [0.29, 0.717) is 11.6 Å². The lowest BCUT2D eigenvalue weighted by atomic mass is 9.79. The van der Waals surface area contributed by atoms with Crippen molar-refractivity contribution in [2.24, 2.45) is 10.4 Å². The maximum absolute atomic E-state index is 13.5. The van der Waals surface area contributed by atoms with Gasteiger partial charge in [0.05, 0.1) is 17.7 Å². The molecule has 0 saturated heterocycles. The highest BCUT2D eigenvalue weighted by Gasteiger charge is 2.50. The molecule has 138 valence electrons. The highest BCUT2D eigenvalue weighted by atomic mass is 16.1.